The number of carbonyl (C=O) groups excluding carboxylic acids is 2. The van der Waals surface area contributed by atoms with Crippen LogP contribution in [0.15, 0.2) is 47.5 Å². The molecule has 0 bridgehead atoms. The van der Waals surface area contributed by atoms with Crippen molar-refractivity contribution in [3.05, 3.63) is 64.4 Å². The molecule has 23 heavy (non-hydrogen) atoms. The van der Waals surface area contributed by atoms with Gasteiger partial charge in [0, 0.05) is 10.8 Å². The Morgan fingerprint density at radius 1 is 1.22 bits per heavy atom. The molecule has 1 heterocycles. The molecule has 0 atom stereocenters. The number of amides is 1. The van der Waals surface area contributed by atoms with Gasteiger partial charge in [-0.1, -0.05) is 0 Å². The molecule has 3 rings (SSSR count). The van der Waals surface area contributed by atoms with E-state index in [1.165, 1.54) is 18.2 Å². The number of rotatable bonds is 5. The number of methoxy groups -OCH3 is 1. The number of halogens is 1. The number of nitrogens with zero attached hydrogens (tertiary/aromatic N) is 1. The van der Waals surface area contributed by atoms with Gasteiger partial charge in [0.15, 0.2) is 5.78 Å². The van der Waals surface area contributed by atoms with Gasteiger partial charge in [0.1, 0.15) is 11.6 Å². The van der Waals surface area contributed by atoms with Crippen LogP contribution in [0.3, 0.4) is 0 Å². The van der Waals surface area contributed by atoms with Crippen molar-refractivity contribution in [3.8, 4) is 5.75 Å². The minimum atomic E-state index is -0.437. The van der Waals surface area contributed by atoms with E-state index in [1.807, 2.05) is 0 Å². The average Bonchev–Trinajstić information content (AvgIpc) is 2.87. The SMILES string of the molecule is COc1ccc(C(=O)CSC2=c3cc(F)ccc3=NC2=O)cc1. The first-order valence-electron chi connectivity index (χ1n) is 6.81. The van der Waals surface area contributed by atoms with Crippen molar-refractivity contribution in [3.63, 3.8) is 0 Å². The maximum atomic E-state index is 13.3. The summed E-state index contributed by atoms with van der Waals surface area (Å²) in [6.07, 6.45) is 0. The summed E-state index contributed by atoms with van der Waals surface area (Å²) in [5, 5.41) is 0.887. The van der Waals surface area contributed by atoms with Crippen molar-refractivity contribution < 1.29 is 18.7 Å². The standard InChI is InChI=1S/C17H12FNO3S/c1-22-12-5-2-10(3-6-12)15(20)9-23-16-13-8-11(18)4-7-14(13)19-17(16)21/h2-8H,9H2,1H3. The summed E-state index contributed by atoms with van der Waals surface area (Å²) in [5.41, 5.74) is 0.528. The van der Waals surface area contributed by atoms with Crippen LogP contribution in [0.4, 0.5) is 4.39 Å². The van der Waals surface area contributed by atoms with E-state index in [-0.39, 0.29) is 11.5 Å². The molecule has 1 aliphatic heterocycles. The predicted octanol–water partition coefficient (Wildman–Crippen LogP) is 1.72. The summed E-state index contributed by atoms with van der Waals surface area (Å²) in [6, 6.07) is 10.7. The number of fused-ring (bicyclic) bond motifs is 1. The molecule has 0 aliphatic carbocycles. The number of benzene rings is 2. The highest BCUT2D eigenvalue weighted by atomic mass is 32.2. The van der Waals surface area contributed by atoms with Gasteiger partial charge in [-0.3, -0.25) is 9.59 Å². The number of Topliss-reactive ketones (excluding diaryl/α,β-unsaturated/α-hetero) is 1. The van der Waals surface area contributed by atoms with Crippen LogP contribution in [0.2, 0.25) is 0 Å². The number of ketones is 1. The molecule has 6 heteroatoms. The van der Waals surface area contributed by atoms with Gasteiger partial charge in [-0.25, -0.2) is 9.38 Å². The van der Waals surface area contributed by atoms with Crippen molar-refractivity contribution in [1.29, 1.82) is 0 Å². The summed E-state index contributed by atoms with van der Waals surface area (Å²) in [5.74, 6) is -0.245. The third kappa shape index (κ3) is 3.17. The second-order valence-electron chi connectivity index (χ2n) is 4.85. The first-order valence-corrected chi connectivity index (χ1v) is 7.80. The fourth-order valence-corrected chi connectivity index (χ4v) is 3.13. The number of thioether (sulfide) groups is 1. The molecule has 0 radical (unpaired) electrons. The summed E-state index contributed by atoms with van der Waals surface area (Å²) in [4.78, 5) is 28.3. The lowest BCUT2D eigenvalue weighted by atomic mass is 10.1. The predicted molar refractivity (Wildman–Crippen MR) is 85.4 cm³/mol. The third-order valence-electron chi connectivity index (χ3n) is 3.38. The number of carbonyl (C=O) groups is 2. The topological polar surface area (TPSA) is 55.7 Å². The molecule has 0 N–H and O–H groups in total. The summed E-state index contributed by atoms with van der Waals surface area (Å²) in [7, 11) is 1.55. The van der Waals surface area contributed by atoms with E-state index < -0.39 is 11.7 Å². The van der Waals surface area contributed by atoms with Crippen LogP contribution in [0.25, 0.3) is 4.91 Å². The third-order valence-corrected chi connectivity index (χ3v) is 4.47. The molecule has 0 saturated heterocycles. The smallest absolute Gasteiger partial charge is 0.284 e. The summed E-state index contributed by atoms with van der Waals surface area (Å²) in [6.45, 7) is 0. The van der Waals surface area contributed by atoms with Gasteiger partial charge in [-0.15, -0.1) is 11.8 Å². The Morgan fingerprint density at radius 2 is 1.96 bits per heavy atom. The second kappa shape index (κ2) is 6.34. The van der Waals surface area contributed by atoms with Crippen LogP contribution in [0.5, 0.6) is 5.75 Å². The molecule has 1 amide bonds. The van der Waals surface area contributed by atoms with Crippen LogP contribution in [0.1, 0.15) is 10.4 Å². The summed E-state index contributed by atoms with van der Waals surface area (Å²) >= 11 is 1.08. The molecule has 0 unspecified atom stereocenters. The molecule has 0 saturated carbocycles. The lowest BCUT2D eigenvalue weighted by molar-refractivity contribution is -0.112. The van der Waals surface area contributed by atoms with Crippen LogP contribution < -0.4 is 15.3 Å². The average molecular weight is 329 g/mol. The highest BCUT2D eigenvalue weighted by Crippen LogP contribution is 2.21. The van der Waals surface area contributed by atoms with Gasteiger partial charge in [0.25, 0.3) is 5.91 Å². The van der Waals surface area contributed by atoms with Gasteiger partial charge in [-0.2, -0.15) is 0 Å². The molecule has 4 nitrogen and oxygen atoms in total. The molecule has 0 fully saturated rings. The Kier molecular flexibility index (Phi) is 4.25. The summed E-state index contributed by atoms with van der Waals surface area (Å²) < 4.78 is 18.4. The van der Waals surface area contributed by atoms with Gasteiger partial charge in [0.05, 0.1) is 23.1 Å². The fraction of sp³-hybridized carbons (Fsp3) is 0.118. The number of hydrogen-bond acceptors (Lipinski definition) is 4. The van der Waals surface area contributed by atoms with Crippen LogP contribution in [0, 0.1) is 5.82 Å². The Balaban J connectivity index is 1.80. The fourth-order valence-electron chi connectivity index (χ4n) is 2.20. The molecule has 2 aromatic rings. The van der Waals surface area contributed by atoms with E-state index in [0.29, 0.717) is 26.8 Å². The monoisotopic (exact) mass is 329 g/mol. The largest absolute Gasteiger partial charge is 0.497 e. The zero-order chi connectivity index (χ0) is 16.4. The Hall–Kier alpha value is -2.47. The normalized spacial score (nSPS) is 12.8. The van der Waals surface area contributed by atoms with E-state index in [1.54, 1.807) is 31.4 Å². The Morgan fingerprint density at radius 3 is 2.65 bits per heavy atom. The van der Waals surface area contributed by atoms with E-state index in [2.05, 4.69) is 4.99 Å². The quantitative estimate of drug-likeness (QED) is 0.784. The molecular formula is C17H12FNO3S. The first-order chi connectivity index (χ1) is 11.1. The van der Waals surface area contributed by atoms with Crippen molar-refractivity contribution in [2.24, 2.45) is 4.99 Å². The molecule has 2 aromatic carbocycles. The minimum absolute atomic E-state index is 0.0822. The van der Waals surface area contributed by atoms with Crippen molar-refractivity contribution in [1.82, 2.24) is 0 Å². The zero-order valence-corrected chi connectivity index (χ0v) is 13.0. The lowest BCUT2D eigenvalue weighted by Crippen LogP contribution is -2.23. The highest BCUT2D eigenvalue weighted by Gasteiger charge is 2.19. The van der Waals surface area contributed by atoms with Crippen molar-refractivity contribution >= 4 is 28.4 Å². The van der Waals surface area contributed by atoms with Gasteiger partial charge >= 0.3 is 0 Å². The van der Waals surface area contributed by atoms with E-state index >= 15 is 0 Å². The van der Waals surface area contributed by atoms with Crippen molar-refractivity contribution in [2.45, 2.75) is 0 Å². The van der Waals surface area contributed by atoms with Gasteiger partial charge in [0.2, 0.25) is 0 Å². The maximum Gasteiger partial charge on any atom is 0.284 e. The van der Waals surface area contributed by atoms with E-state index in [9.17, 15) is 14.0 Å². The van der Waals surface area contributed by atoms with Gasteiger partial charge < -0.3 is 4.74 Å². The molecule has 0 spiro atoms. The van der Waals surface area contributed by atoms with E-state index in [4.69, 9.17) is 4.74 Å². The first kappa shape index (κ1) is 15.4. The molecule has 116 valence electrons. The van der Waals surface area contributed by atoms with Crippen molar-refractivity contribution in [2.75, 3.05) is 12.9 Å². The van der Waals surface area contributed by atoms with Crippen LogP contribution >= 0.6 is 11.8 Å². The Labute approximate surface area is 135 Å². The number of hydrogen-bond donors (Lipinski definition) is 0. The lowest BCUT2D eigenvalue weighted by Gasteiger charge is -2.03. The van der Waals surface area contributed by atoms with E-state index in [0.717, 1.165) is 11.8 Å². The van der Waals surface area contributed by atoms with Crippen LogP contribution in [-0.4, -0.2) is 24.6 Å². The van der Waals surface area contributed by atoms with Crippen LogP contribution in [-0.2, 0) is 4.79 Å². The molecule has 1 aliphatic rings. The second-order valence-corrected chi connectivity index (χ2v) is 5.83. The highest BCUT2D eigenvalue weighted by molar-refractivity contribution is 8.09. The molecular weight excluding hydrogens is 317 g/mol. The molecule has 0 aromatic heterocycles. The van der Waals surface area contributed by atoms with Gasteiger partial charge in [-0.05, 0) is 42.5 Å². The Bertz CT molecular complexity index is 906. The maximum absolute atomic E-state index is 13.3. The zero-order valence-electron chi connectivity index (χ0n) is 12.2. The minimum Gasteiger partial charge on any atom is -0.497 e. The number of ether oxygens (including phenoxy) is 1.